The predicted octanol–water partition coefficient (Wildman–Crippen LogP) is 1.44. The lowest BCUT2D eigenvalue weighted by atomic mass is 9.99. The molecular formula is C17H25N3O2. The number of ether oxygens (including phenoxy) is 1. The second-order valence-electron chi connectivity index (χ2n) is 6.83. The summed E-state index contributed by atoms with van der Waals surface area (Å²) in [4.78, 5) is 19.0. The van der Waals surface area contributed by atoms with Crippen LogP contribution in [0.2, 0.25) is 0 Å². The van der Waals surface area contributed by atoms with Gasteiger partial charge in [0.25, 0.3) is 0 Å². The zero-order chi connectivity index (χ0) is 15.5. The van der Waals surface area contributed by atoms with Gasteiger partial charge < -0.3 is 10.1 Å². The number of nitrogens with one attached hydrogen (secondary N) is 1. The lowest BCUT2D eigenvalue weighted by molar-refractivity contribution is -0.128. The summed E-state index contributed by atoms with van der Waals surface area (Å²) in [5, 5.41) is 3.03. The maximum absolute atomic E-state index is 12.5. The van der Waals surface area contributed by atoms with E-state index in [0.29, 0.717) is 12.5 Å². The highest BCUT2D eigenvalue weighted by molar-refractivity contribution is 5.79. The second-order valence-corrected chi connectivity index (χ2v) is 6.83. The van der Waals surface area contributed by atoms with Crippen molar-refractivity contribution in [2.24, 2.45) is 11.8 Å². The number of amides is 1. The summed E-state index contributed by atoms with van der Waals surface area (Å²) in [6.45, 7) is 7.92. The molecule has 0 aliphatic carbocycles. The molecule has 1 aromatic rings. The summed E-state index contributed by atoms with van der Waals surface area (Å²) in [6.07, 6.45) is 4.63. The maximum Gasteiger partial charge on any atom is 0.226 e. The van der Waals surface area contributed by atoms with Crippen LogP contribution in [0.3, 0.4) is 0 Å². The van der Waals surface area contributed by atoms with Crippen molar-refractivity contribution >= 4 is 5.91 Å². The number of carbonyl (C=O) groups excluding carboxylic acids is 1. The first-order chi connectivity index (χ1) is 10.6. The molecule has 0 radical (unpaired) electrons. The Morgan fingerprint density at radius 2 is 2.36 bits per heavy atom. The highest BCUT2D eigenvalue weighted by Crippen LogP contribution is 2.32. The molecule has 120 valence electrons. The number of rotatable bonds is 5. The number of pyridine rings is 1. The molecule has 0 aromatic carbocycles. The minimum absolute atomic E-state index is 0.0150. The summed E-state index contributed by atoms with van der Waals surface area (Å²) in [6, 6.07) is 3.86. The highest BCUT2D eigenvalue weighted by Gasteiger charge is 2.44. The van der Waals surface area contributed by atoms with E-state index in [4.69, 9.17) is 4.74 Å². The molecule has 2 saturated heterocycles. The van der Waals surface area contributed by atoms with Gasteiger partial charge in [-0.05, 0) is 24.0 Å². The zero-order valence-electron chi connectivity index (χ0n) is 13.4. The van der Waals surface area contributed by atoms with Gasteiger partial charge in [-0.25, -0.2) is 0 Å². The Kier molecular flexibility index (Phi) is 4.74. The molecule has 2 aliphatic heterocycles. The number of fused-ring (bicyclic) bond motifs is 2. The molecule has 2 bridgehead atoms. The summed E-state index contributed by atoms with van der Waals surface area (Å²) in [5.74, 6) is 0.747. The van der Waals surface area contributed by atoms with Crippen LogP contribution >= 0.6 is 0 Å². The summed E-state index contributed by atoms with van der Waals surface area (Å²) in [7, 11) is 0. The molecule has 3 atom stereocenters. The van der Waals surface area contributed by atoms with Crippen LogP contribution in [0.1, 0.15) is 25.8 Å². The van der Waals surface area contributed by atoms with Crippen molar-refractivity contribution in [2.45, 2.75) is 39.0 Å². The first kappa shape index (κ1) is 15.4. The van der Waals surface area contributed by atoms with Crippen molar-refractivity contribution in [3.63, 3.8) is 0 Å². The number of likely N-dealkylation sites (tertiary alicyclic amines) is 1. The molecule has 22 heavy (non-hydrogen) atoms. The Morgan fingerprint density at radius 3 is 3.09 bits per heavy atom. The van der Waals surface area contributed by atoms with Gasteiger partial charge in [-0.15, -0.1) is 0 Å². The molecule has 2 fully saturated rings. The van der Waals surface area contributed by atoms with Gasteiger partial charge in [0.15, 0.2) is 0 Å². The SMILES string of the molecule is CC(C)CN1C[C@H]2C[C@H](C(=O)NCc3cccnc3)[C@@H](C1)O2. The molecule has 5 nitrogen and oxygen atoms in total. The van der Waals surface area contributed by atoms with Crippen LogP contribution in [0.4, 0.5) is 0 Å². The van der Waals surface area contributed by atoms with Crippen LogP contribution in [-0.4, -0.2) is 47.6 Å². The van der Waals surface area contributed by atoms with Crippen molar-refractivity contribution < 1.29 is 9.53 Å². The van der Waals surface area contributed by atoms with Gasteiger partial charge in [0, 0.05) is 38.6 Å². The smallest absolute Gasteiger partial charge is 0.226 e. The molecule has 3 rings (SSSR count). The van der Waals surface area contributed by atoms with E-state index < -0.39 is 0 Å². The average Bonchev–Trinajstić information content (AvgIpc) is 2.80. The topological polar surface area (TPSA) is 54.5 Å². The summed E-state index contributed by atoms with van der Waals surface area (Å²) >= 11 is 0. The lowest BCUT2D eigenvalue weighted by Crippen LogP contribution is -2.46. The maximum atomic E-state index is 12.5. The predicted molar refractivity (Wildman–Crippen MR) is 84.1 cm³/mol. The normalized spacial score (nSPS) is 28.0. The van der Waals surface area contributed by atoms with E-state index in [1.807, 2.05) is 12.1 Å². The van der Waals surface area contributed by atoms with Crippen LogP contribution in [-0.2, 0) is 16.1 Å². The van der Waals surface area contributed by atoms with Crippen molar-refractivity contribution in [1.29, 1.82) is 0 Å². The molecule has 3 heterocycles. The average molecular weight is 303 g/mol. The van der Waals surface area contributed by atoms with E-state index in [2.05, 4.69) is 29.0 Å². The Labute approximate surface area is 132 Å². The van der Waals surface area contributed by atoms with Crippen LogP contribution in [0.25, 0.3) is 0 Å². The minimum Gasteiger partial charge on any atom is -0.371 e. The molecule has 1 N–H and O–H groups in total. The number of nitrogens with zero attached hydrogens (tertiary/aromatic N) is 2. The Hall–Kier alpha value is -1.46. The van der Waals surface area contributed by atoms with Crippen LogP contribution in [0.5, 0.6) is 0 Å². The number of hydrogen-bond donors (Lipinski definition) is 1. The van der Waals surface area contributed by atoms with Crippen molar-refractivity contribution in [1.82, 2.24) is 15.2 Å². The van der Waals surface area contributed by atoms with E-state index in [-0.39, 0.29) is 24.0 Å². The number of aromatic nitrogens is 1. The van der Waals surface area contributed by atoms with Gasteiger partial charge in [0.05, 0.1) is 18.1 Å². The van der Waals surface area contributed by atoms with E-state index in [1.54, 1.807) is 12.4 Å². The number of carbonyl (C=O) groups is 1. The molecular weight excluding hydrogens is 278 g/mol. The Morgan fingerprint density at radius 1 is 1.50 bits per heavy atom. The molecule has 5 heteroatoms. The van der Waals surface area contributed by atoms with E-state index >= 15 is 0 Å². The Balaban J connectivity index is 1.53. The van der Waals surface area contributed by atoms with Crippen LogP contribution in [0.15, 0.2) is 24.5 Å². The van der Waals surface area contributed by atoms with E-state index in [1.165, 1.54) is 0 Å². The van der Waals surface area contributed by atoms with Gasteiger partial charge in [-0.1, -0.05) is 19.9 Å². The molecule has 0 spiro atoms. The number of hydrogen-bond acceptors (Lipinski definition) is 4. The third kappa shape index (κ3) is 3.65. The largest absolute Gasteiger partial charge is 0.371 e. The molecule has 0 saturated carbocycles. The fourth-order valence-corrected chi connectivity index (χ4v) is 3.50. The fourth-order valence-electron chi connectivity index (χ4n) is 3.50. The third-order valence-electron chi connectivity index (χ3n) is 4.38. The van der Waals surface area contributed by atoms with Crippen molar-refractivity contribution in [3.05, 3.63) is 30.1 Å². The third-order valence-corrected chi connectivity index (χ3v) is 4.38. The zero-order valence-corrected chi connectivity index (χ0v) is 13.4. The summed E-state index contributed by atoms with van der Waals surface area (Å²) in [5.41, 5.74) is 1.03. The van der Waals surface area contributed by atoms with Gasteiger partial charge in [0.2, 0.25) is 5.91 Å². The minimum atomic E-state index is -0.0150. The quantitative estimate of drug-likeness (QED) is 0.894. The number of morpholine rings is 1. The Bertz CT molecular complexity index is 506. The second kappa shape index (κ2) is 6.75. The van der Waals surface area contributed by atoms with E-state index in [9.17, 15) is 4.79 Å². The summed E-state index contributed by atoms with van der Waals surface area (Å²) < 4.78 is 5.98. The van der Waals surface area contributed by atoms with Crippen molar-refractivity contribution in [2.75, 3.05) is 19.6 Å². The van der Waals surface area contributed by atoms with Gasteiger partial charge in [-0.2, -0.15) is 0 Å². The standard InChI is InChI=1S/C17H25N3O2/c1-12(2)9-20-10-14-6-15(16(11-20)22-14)17(21)19-8-13-4-3-5-18-7-13/h3-5,7,12,14-16H,6,8-11H2,1-2H3,(H,19,21)/t14-,15+,16-/m1/s1. The fraction of sp³-hybridized carbons (Fsp3) is 0.647. The highest BCUT2D eigenvalue weighted by atomic mass is 16.5. The molecule has 0 unspecified atom stereocenters. The first-order valence-corrected chi connectivity index (χ1v) is 8.16. The first-order valence-electron chi connectivity index (χ1n) is 8.16. The van der Waals surface area contributed by atoms with Crippen LogP contribution in [0, 0.1) is 11.8 Å². The molecule has 1 amide bonds. The van der Waals surface area contributed by atoms with Crippen molar-refractivity contribution in [3.8, 4) is 0 Å². The molecule has 1 aromatic heterocycles. The lowest BCUT2D eigenvalue weighted by Gasteiger charge is -2.33. The van der Waals surface area contributed by atoms with E-state index in [0.717, 1.165) is 31.6 Å². The van der Waals surface area contributed by atoms with Gasteiger partial charge in [-0.3, -0.25) is 14.7 Å². The van der Waals surface area contributed by atoms with Gasteiger partial charge in [0.1, 0.15) is 0 Å². The molecule has 2 aliphatic rings. The van der Waals surface area contributed by atoms with Gasteiger partial charge >= 0.3 is 0 Å². The van der Waals surface area contributed by atoms with Crippen LogP contribution < -0.4 is 5.32 Å². The monoisotopic (exact) mass is 303 g/mol.